The van der Waals surface area contributed by atoms with E-state index in [1.165, 1.54) is 17.0 Å². The molecule has 0 bridgehead atoms. The summed E-state index contributed by atoms with van der Waals surface area (Å²) < 4.78 is 12.7. The molecule has 0 saturated carbocycles. The van der Waals surface area contributed by atoms with Crippen LogP contribution < -0.4 is 0 Å². The SMILES string of the molecule is O=C(O)CN1C(=O)CC1c1ccc(F)cc1. The second-order valence-electron chi connectivity index (χ2n) is 3.69. The highest BCUT2D eigenvalue weighted by Crippen LogP contribution is 2.33. The van der Waals surface area contributed by atoms with Crippen molar-refractivity contribution in [1.82, 2.24) is 4.90 Å². The topological polar surface area (TPSA) is 57.6 Å². The molecule has 84 valence electrons. The average Bonchev–Trinajstić information content (AvgIpc) is 2.24. The summed E-state index contributed by atoms with van der Waals surface area (Å²) in [6, 6.07) is 5.51. The van der Waals surface area contributed by atoms with Crippen molar-refractivity contribution in [3.05, 3.63) is 35.6 Å². The van der Waals surface area contributed by atoms with Crippen molar-refractivity contribution in [2.24, 2.45) is 0 Å². The number of β-lactam (4-membered cyclic amide) rings is 1. The molecular formula is C11H10FNO3. The van der Waals surface area contributed by atoms with E-state index in [0.717, 1.165) is 5.56 Å². The summed E-state index contributed by atoms with van der Waals surface area (Å²) in [5.41, 5.74) is 0.766. The first kappa shape index (κ1) is 10.6. The number of carboxylic acid groups (broad SMARTS) is 1. The smallest absolute Gasteiger partial charge is 0.323 e. The summed E-state index contributed by atoms with van der Waals surface area (Å²) in [5.74, 6) is -1.57. The first-order chi connectivity index (χ1) is 7.58. The zero-order valence-corrected chi connectivity index (χ0v) is 8.39. The molecule has 4 nitrogen and oxygen atoms in total. The highest BCUT2D eigenvalue weighted by atomic mass is 19.1. The Morgan fingerprint density at radius 3 is 2.56 bits per heavy atom. The van der Waals surface area contributed by atoms with Crippen LogP contribution in [0.2, 0.25) is 0 Å². The van der Waals surface area contributed by atoms with Gasteiger partial charge in [0, 0.05) is 0 Å². The second kappa shape index (κ2) is 3.92. The van der Waals surface area contributed by atoms with Crippen LogP contribution in [0, 0.1) is 5.82 Å². The highest BCUT2D eigenvalue weighted by Gasteiger charge is 2.38. The van der Waals surface area contributed by atoms with Crippen LogP contribution in [-0.2, 0) is 9.59 Å². The van der Waals surface area contributed by atoms with E-state index < -0.39 is 5.97 Å². The van der Waals surface area contributed by atoms with Crippen molar-refractivity contribution in [1.29, 1.82) is 0 Å². The van der Waals surface area contributed by atoms with Gasteiger partial charge in [-0.2, -0.15) is 0 Å². The van der Waals surface area contributed by atoms with Gasteiger partial charge >= 0.3 is 5.97 Å². The quantitative estimate of drug-likeness (QED) is 0.783. The Bertz CT molecular complexity index is 429. The molecule has 1 aliphatic heterocycles. The number of carbonyl (C=O) groups is 2. The standard InChI is InChI=1S/C11H10FNO3/c12-8-3-1-7(2-4-8)9-5-10(14)13(9)6-11(15)16/h1-4,9H,5-6H2,(H,15,16). The molecule has 1 aliphatic rings. The fourth-order valence-corrected chi connectivity index (χ4v) is 1.78. The lowest BCUT2D eigenvalue weighted by Crippen LogP contribution is -2.48. The number of halogens is 1. The predicted octanol–water partition coefficient (Wildman–Crippen LogP) is 1.18. The third kappa shape index (κ3) is 1.88. The Labute approximate surface area is 91.3 Å². The molecule has 1 aromatic rings. The molecule has 1 unspecified atom stereocenters. The average molecular weight is 223 g/mol. The number of carbonyl (C=O) groups excluding carboxylic acids is 1. The van der Waals surface area contributed by atoms with Crippen molar-refractivity contribution < 1.29 is 19.1 Å². The third-order valence-corrected chi connectivity index (χ3v) is 2.62. The molecule has 1 heterocycles. The van der Waals surface area contributed by atoms with E-state index in [-0.39, 0.29) is 24.3 Å². The number of hydrogen-bond acceptors (Lipinski definition) is 2. The number of likely N-dealkylation sites (tertiary alicyclic amines) is 1. The molecule has 1 amide bonds. The summed E-state index contributed by atoms with van der Waals surface area (Å²) in [6.45, 7) is -0.305. The molecule has 1 aromatic carbocycles. The molecule has 0 spiro atoms. The van der Waals surface area contributed by atoms with E-state index in [1.54, 1.807) is 12.1 Å². The number of amides is 1. The molecule has 5 heteroatoms. The summed E-state index contributed by atoms with van der Waals surface area (Å²) in [5, 5.41) is 8.62. The van der Waals surface area contributed by atoms with Gasteiger partial charge < -0.3 is 10.0 Å². The summed E-state index contributed by atoms with van der Waals surface area (Å²) in [6.07, 6.45) is 0.291. The lowest BCUT2D eigenvalue weighted by molar-refractivity contribution is -0.155. The molecule has 1 atom stereocenters. The van der Waals surface area contributed by atoms with Crippen molar-refractivity contribution >= 4 is 11.9 Å². The van der Waals surface area contributed by atoms with Gasteiger partial charge in [0.15, 0.2) is 0 Å². The largest absolute Gasteiger partial charge is 0.480 e. The minimum absolute atomic E-state index is 0.184. The van der Waals surface area contributed by atoms with Gasteiger partial charge in [-0.05, 0) is 17.7 Å². The Morgan fingerprint density at radius 1 is 1.44 bits per heavy atom. The first-order valence-electron chi connectivity index (χ1n) is 4.84. The lowest BCUT2D eigenvalue weighted by Gasteiger charge is -2.39. The predicted molar refractivity (Wildman–Crippen MR) is 53.1 cm³/mol. The van der Waals surface area contributed by atoms with Crippen LogP contribution in [0.3, 0.4) is 0 Å². The van der Waals surface area contributed by atoms with Gasteiger partial charge in [0.05, 0.1) is 12.5 Å². The molecule has 0 aliphatic carbocycles. The molecular weight excluding hydrogens is 213 g/mol. The highest BCUT2D eigenvalue weighted by molar-refractivity contribution is 5.87. The summed E-state index contributed by atoms with van der Waals surface area (Å²) >= 11 is 0. The summed E-state index contributed by atoms with van der Waals surface area (Å²) in [7, 11) is 0. The lowest BCUT2D eigenvalue weighted by atomic mass is 9.94. The Balaban J connectivity index is 2.13. The maximum Gasteiger partial charge on any atom is 0.323 e. The maximum absolute atomic E-state index is 12.7. The molecule has 1 saturated heterocycles. The van der Waals surface area contributed by atoms with Crippen molar-refractivity contribution in [3.63, 3.8) is 0 Å². The minimum Gasteiger partial charge on any atom is -0.480 e. The summed E-state index contributed by atoms with van der Waals surface area (Å²) in [4.78, 5) is 23.0. The normalized spacial score (nSPS) is 19.4. The van der Waals surface area contributed by atoms with Crippen LogP contribution >= 0.6 is 0 Å². The van der Waals surface area contributed by atoms with Crippen LogP contribution in [0.15, 0.2) is 24.3 Å². The Morgan fingerprint density at radius 2 is 2.06 bits per heavy atom. The monoisotopic (exact) mass is 223 g/mol. The molecule has 0 radical (unpaired) electrons. The molecule has 2 rings (SSSR count). The van der Waals surface area contributed by atoms with Crippen LogP contribution in [-0.4, -0.2) is 28.4 Å². The Kier molecular flexibility index (Phi) is 2.60. The number of rotatable bonds is 3. The van der Waals surface area contributed by atoms with E-state index in [0.29, 0.717) is 6.42 Å². The number of carboxylic acids is 1. The van der Waals surface area contributed by atoms with Gasteiger partial charge in [0.25, 0.3) is 0 Å². The Hall–Kier alpha value is -1.91. The van der Waals surface area contributed by atoms with Gasteiger partial charge in [0.2, 0.25) is 5.91 Å². The van der Waals surface area contributed by atoms with Gasteiger partial charge in [0.1, 0.15) is 12.4 Å². The van der Waals surface area contributed by atoms with E-state index in [1.807, 2.05) is 0 Å². The van der Waals surface area contributed by atoms with Gasteiger partial charge in [-0.15, -0.1) is 0 Å². The van der Waals surface area contributed by atoms with Crippen molar-refractivity contribution in [3.8, 4) is 0 Å². The maximum atomic E-state index is 12.7. The zero-order chi connectivity index (χ0) is 11.7. The number of hydrogen-bond donors (Lipinski definition) is 1. The molecule has 0 aromatic heterocycles. The zero-order valence-electron chi connectivity index (χ0n) is 8.39. The molecule has 1 N–H and O–H groups in total. The van der Waals surface area contributed by atoms with Gasteiger partial charge in [-0.25, -0.2) is 4.39 Å². The van der Waals surface area contributed by atoms with E-state index in [4.69, 9.17) is 5.11 Å². The first-order valence-corrected chi connectivity index (χ1v) is 4.84. The van der Waals surface area contributed by atoms with E-state index in [2.05, 4.69) is 0 Å². The number of benzene rings is 1. The van der Waals surface area contributed by atoms with Crippen LogP contribution in [0.25, 0.3) is 0 Å². The van der Waals surface area contributed by atoms with Crippen LogP contribution in [0.4, 0.5) is 4.39 Å². The van der Waals surface area contributed by atoms with Gasteiger partial charge in [-0.3, -0.25) is 9.59 Å². The van der Waals surface area contributed by atoms with Crippen LogP contribution in [0.5, 0.6) is 0 Å². The fourth-order valence-electron chi connectivity index (χ4n) is 1.78. The molecule has 1 fully saturated rings. The number of nitrogens with zero attached hydrogens (tertiary/aromatic N) is 1. The molecule has 16 heavy (non-hydrogen) atoms. The van der Waals surface area contributed by atoms with Crippen LogP contribution in [0.1, 0.15) is 18.0 Å². The van der Waals surface area contributed by atoms with Crippen molar-refractivity contribution in [2.45, 2.75) is 12.5 Å². The van der Waals surface area contributed by atoms with Crippen molar-refractivity contribution in [2.75, 3.05) is 6.54 Å². The minimum atomic E-state index is -1.04. The fraction of sp³-hybridized carbons (Fsp3) is 0.273. The number of aliphatic carboxylic acids is 1. The third-order valence-electron chi connectivity index (χ3n) is 2.62. The van der Waals surface area contributed by atoms with Gasteiger partial charge in [-0.1, -0.05) is 12.1 Å². The van der Waals surface area contributed by atoms with E-state index >= 15 is 0 Å². The van der Waals surface area contributed by atoms with E-state index in [9.17, 15) is 14.0 Å². The second-order valence-corrected chi connectivity index (χ2v) is 3.69.